The van der Waals surface area contributed by atoms with Crippen LogP contribution < -0.4 is 10.2 Å². The number of rotatable bonds is 8. The van der Waals surface area contributed by atoms with Gasteiger partial charge in [-0.25, -0.2) is 4.98 Å². The lowest BCUT2D eigenvalue weighted by atomic mass is 9.96. The number of pyridine rings is 1. The minimum Gasteiger partial charge on any atom is -0.317 e. The van der Waals surface area contributed by atoms with Crippen LogP contribution in [0.15, 0.2) is 54.9 Å². The lowest BCUT2D eigenvalue weighted by molar-refractivity contribution is 0.0996. The number of carbonyl (C=O) groups excluding carboxylic acids is 1. The van der Waals surface area contributed by atoms with Crippen LogP contribution in [0.2, 0.25) is 0 Å². The fraction of sp³-hybridized carbons (Fsp3) is 0.344. The van der Waals surface area contributed by atoms with E-state index in [9.17, 15) is 10.1 Å². The van der Waals surface area contributed by atoms with Gasteiger partial charge >= 0.3 is 0 Å². The summed E-state index contributed by atoms with van der Waals surface area (Å²) in [5.41, 5.74) is 7.20. The Balaban J connectivity index is 1.26. The van der Waals surface area contributed by atoms with Crippen molar-refractivity contribution in [3.63, 3.8) is 0 Å². The van der Waals surface area contributed by atoms with E-state index in [-0.39, 0.29) is 11.9 Å². The van der Waals surface area contributed by atoms with Gasteiger partial charge in [0.25, 0.3) is 5.91 Å². The van der Waals surface area contributed by atoms with Gasteiger partial charge in [0.2, 0.25) is 0 Å². The number of hydrogen-bond donors (Lipinski definition) is 1. The molecule has 0 unspecified atom stereocenters. The smallest absolute Gasteiger partial charge is 0.260 e. The second-order valence-electron chi connectivity index (χ2n) is 11.4. The van der Waals surface area contributed by atoms with Crippen LogP contribution in [0.4, 0.5) is 5.82 Å². The molecule has 0 bridgehead atoms. The van der Waals surface area contributed by atoms with Gasteiger partial charge in [-0.3, -0.25) is 9.69 Å². The molecular formula is C32H31N7O. The molecule has 40 heavy (non-hydrogen) atoms. The molecule has 1 amide bonds. The van der Waals surface area contributed by atoms with E-state index in [4.69, 9.17) is 4.98 Å². The Hall–Kier alpha value is -4.35. The summed E-state index contributed by atoms with van der Waals surface area (Å²) in [6.07, 6.45) is 6.48. The lowest BCUT2D eigenvalue weighted by Gasteiger charge is -2.18. The fourth-order valence-electron chi connectivity index (χ4n) is 5.55. The monoisotopic (exact) mass is 529 g/mol. The van der Waals surface area contributed by atoms with Gasteiger partial charge in [0.1, 0.15) is 12.1 Å². The number of anilines is 1. The first-order chi connectivity index (χ1) is 19.5. The number of aromatic nitrogens is 4. The average Bonchev–Trinajstić information content (AvgIpc) is 3.91. The van der Waals surface area contributed by atoms with Crippen molar-refractivity contribution in [3.05, 3.63) is 82.8 Å². The Kier molecular flexibility index (Phi) is 5.97. The van der Waals surface area contributed by atoms with E-state index in [1.54, 1.807) is 11.2 Å². The molecule has 3 aliphatic rings. The number of nitriles is 1. The minimum atomic E-state index is -0.00834. The Morgan fingerprint density at radius 3 is 2.62 bits per heavy atom. The molecule has 2 saturated carbocycles. The maximum absolute atomic E-state index is 13.8. The molecule has 8 heteroatoms. The van der Waals surface area contributed by atoms with E-state index in [0.717, 1.165) is 64.4 Å². The Bertz CT molecular complexity index is 1680. The molecule has 8 nitrogen and oxygen atoms in total. The molecule has 4 aromatic rings. The van der Waals surface area contributed by atoms with Crippen molar-refractivity contribution >= 4 is 11.7 Å². The first kappa shape index (κ1) is 24.7. The molecule has 2 aliphatic carbocycles. The van der Waals surface area contributed by atoms with E-state index < -0.39 is 0 Å². The van der Waals surface area contributed by atoms with Crippen molar-refractivity contribution in [2.24, 2.45) is 13.0 Å². The normalized spacial score (nSPS) is 17.1. The van der Waals surface area contributed by atoms with Crippen molar-refractivity contribution in [2.75, 3.05) is 11.4 Å². The molecule has 0 spiro atoms. The van der Waals surface area contributed by atoms with Crippen LogP contribution in [-0.4, -0.2) is 32.2 Å². The molecule has 1 aliphatic heterocycles. The number of aryl methyl sites for hydroxylation is 1. The van der Waals surface area contributed by atoms with E-state index >= 15 is 0 Å². The number of hydrogen-bond acceptors (Lipinski definition) is 6. The molecule has 3 heterocycles. The third-order valence-electron chi connectivity index (χ3n) is 8.36. The second-order valence-corrected chi connectivity index (χ2v) is 11.4. The van der Waals surface area contributed by atoms with Gasteiger partial charge in [0, 0.05) is 35.8 Å². The number of carbonyl (C=O) groups is 1. The molecule has 2 aromatic carbocycles. The zero-order valence-electron chi connectivity index (χ0n) is 22.8. The van der Waals surface area contributed by atoms with Gasteiger partial charge in [-0.15, -0.1) is 10.2 Å². The minimum absolute atomic E-state index is 0.00834. The zero-order valence-corrected chi connectivity index (χ0v) is 22.8. The number of nitrogens with one attached hydrogen (secondary N) is 1. The van der Waals surface area contributed by atoms with Gasteiger partial charge in [0.15, 0.2) is 5.82 Å². The molecule has 0 saturated heterocycles. The summed E-state index contributed by atoms with van der Waals surface area (Å²) in [6, 6.07) is 18.5. The number of nitrogens with zero attached hydrogens (tertiary/aromatic N) is 6. The van der Waals surface area contributed by atoms with Crippen LogP contribution in [0, 0.1) is 17.2 Å². The predicted molar refractivity (Wildman–Crippen MR) is 152 cm³/mol. The number of amides is 1. The highest BCUT2D eigenvalue weighted by Gasteiger charge is 2.33. The molecule has 200 valence electrons. The third kappa shape index (κ3) is 4.56. The molecule has 1 N–H and O–H groups in total. The summed E-state index contributed by atoms with van der Waals surface area (Å²) >= 11 is 0. The second kappa shape index (κ2) is 9.68. The summed E-state index contributed by atoms with van der Waals surface area (Å²) in [5.74, 6) is 2.54. The molecule has 2 fully saturated rings. The summed E-state index contributed by atoms with van der Waals surface area (Å²) < 4.78 is 1.85. The highest BCUT2D eigenvalue weighted by atomic mass is 16.2. The Morgan fingerprint density at radius 1 is 1.05 bits per heavy atom. The van der Waals surface area contributed by atoms with Crippen molar-refractivity contribution < 1.29 is 4.79 Å². The van der Waals surface area contributed by atoms with Crippen LogP contribution in [0.1, 0.15) is 77.3 Å². The van der Waals surface area contributed by atoms with E-state index in [2.05, 4.69) is 52.8 Å². The van der Waals surface area contributed by atoms with Gasteiger partial charge < -0.3 is 9.88 Å². The summed E-state index contributed by atoms with van der Waals surface area (Å²) in [5, 5.41) is 21.6. The van der Waals surface area contributed by atoms with Gasteiger partial charge in [-0.1, -0.05) is 18.2 Å². The zero-order chi connectivity index (χ0) is 27.4. The highest BCUT2D eigenvalue weighted by molar-refractivity contribution is 6.10. The quantitative estimate of drug-likeness (QED) is 0.323. The van der Waals surface area contributed by atoms with Gasteiger partial charge in [-0.05, 0) is 97.7 Å². The lowest BCUT2D eigenvalue weighted by Crippen LogP contribution is -2.24. The van der Waals surface area contributed by atoms with E-state index in [0.29, 0.717) is 29.7 Å². The SMILES string of the molecule is C[C@@H](NCC1CC1)c1ccc2c(c1)C(=O)N(c1cc(-c3ccc(C#N)cc3-c3nncn3C)cc(C3CC3)n1)C2. The number of benzene rings is 2. The van der Waals surface area contributed by atoms with Crippen molar-refractivity contribution in [2.45, 2.75) is 51.1 Å². The predicted octanol–water partition coefficient (Wildman–Crippen LogP) is 5.51. The van der Waals surface area contributed by atoms with Crippen LogP contribution in [0.5, 0.6) is 0 Å². The maximum Gasteiger partial charge on any atom is 0.260 e. The van der Waals surface area contributed by atoms with Crippen LogP contribution >= 0.6 is 0 Å². The van der Waals surface area contributed by atoms with Crippen LogP contribution in [0.3, 0.4) is 0 Å². The fourth-order valence-corrected chi connectivity index (χ4v) is 5.55. The van der Waals surface area contributed by atoms with Crippen LogP contribution in [-0.2, 0) is 13.6 Å². The van der Waals surface area contributed by atoms with Crippen molar-refractivity contribution in [1.82, 2.24) is 25.1 Å². The third-order valence-corrected chi connectivity index (χ3v) is 8.36. The highest BCUT2D eigenvalue weighted by Crippen LogP contribution is 2.43. The molecule has 7 rings (SSSR count). The van der Waals surface area contributed by atoms with E-state index in [1.807, 2.05) is 35.9 Å². The largest absolute Gasteiger partial charge is 0.317 e. The number of fused-ring (bicyclic) bond motifs is 1. The summed E-state index contributed by atoms with van der Waals surface area (Å²) in [6.45, 7) is 3.70. The van der Waals surface area contributed by atoms with Crippen molar-refractivity contribution in [3.8, 4) is 28.6 Å². The summed E-state index contributed by atoms with van der Waals surface area (Å²) in [7, 11) is 1.89. The Labute approximate surface area is 233 Å². The molecular weight excluding hydrogens is 498 g/mol. The van der Waals surface area contributed by atoms with Crippen molar-refractivity contribution in [1.29, 1.82) is 5.26 Å². The first-order valence-electron chi connectivity index (χ1n) is 14.1. The molecule has 2 aromatic heterocycles. The first-order valence-corrected chi connectivity index (χ1v) is 14.1. The standard InChI is InChI=1S/C32H31N7O/c1-19(34-16-20-3-4-20)23-8-9-24-17-39(32(40)27(24)12-23)30-14-25(13-29(36-30)22-6-7-22)26-10-5-21(15-33)11-28(26)31-37-35-18-38(31)2/h5,8-14,18-20,22,34H,3-4,6-7,16-17H2,1-2H3/t19-/m1/s1. The van der Waals surface area contributed by atoms with Gasteiger partial charge in [-0.2, -0.15) is 5.26 Å². The summed E-state index contributed by atoms with van der Waals surface area (Å²) in [4.78, 5) is 20.6. The topological polar surface area (TPSA) is 99.7 Å². The van der Waals surface area contributed by atoms with E-state index in [1.165, 1.54) is 12.8 Å². The maximum atomic E-state index is 13.8. The Morgan fingerprint density at radius 2 is 1.90 bits per heavy atom. The molecule has 0 radical (unpaired) electrons. The van der Waals surface area contributed by atoms with Gasteiger partial charge in [0.05, 0.1) is 18.2 Å². The average molecular weight is 530 g/mol. The molecule has 1 atom stereocenters. The van der Waals surface area contributed by atoms with Crippen LogP contribution in [0.25, 0.3) is 22.5 Å².